The fourth-order valence-electron chi connectivity index (χ4n) is 2.90. The second-order valence-corrected chi connectivity index (χ2v) is 5.96. The fraction of sp³-hybridized carbons (Fsp3) is 0.529. The lowest BCUT2D eigenvalue weighted by Gasteiger charge is -2.34. The van der Waals surface area contributed by atoms with Crippen molar-refractivity contribution in [3.8, 4) is 5.75 Å². The second-order valence-electron chi connectivity index (χ2n) is 5.96. The number of guanidine groups is 1. The molecule has 1 aromatic carbocycles. The highest BCUT2D eigenvalue weighted by Gasteiger charge is 2.23. The van der Waals surface area contributed by atoms with Crippen LogP contribution in [-0.4, -0.2) is 41.5 Å². The number of piperidine rings is 1. The number of nitrogens with two attached hydrogens (primary N) is 1. The first-order chi connectivity index (χ1) is 11.1. The molecule has 1 aromatic rings. The fourth-order valence-corrected chi connectivity index (χ4v) is 2.90. The van der Waals surface area contributed by atoms with Crippen LogP contribution in [0.3, 0.4) is 0 Å². The van der Waals surface area contributed by atoms with Crippen molar-refractivity contribution in [1.29, 1.82) is 0 Å². The summed E-state index contributed by atoms with van der Waals surface area (Å²) in [6.07, 6.45) is 2.52. The number of nitrogens with zero attached hydrogens (tertiary/aromatic N) is 2. The molecule has 23 heavy (non-hydrogen) atoms. The number of aromatic hydroxyl groups is 1. The highest BCUT2D eigenvalue weighted by Crippen LogP contribution is 2.19. The number of hydrogen-bond acceptors (Lipinski definition) is 3. The van der Waals surface area contributed by atoms with Crippen LogP contribution in [0.1, 0.15) is 31.7 Å². The van der Waals surface area contributed by atoms with E-state index < -0.39 is 0 Å². The Bertz CT molecular complexity index is 542. The summed E-state index contributed by atoms with van der Waals surface area (Å²) in [5, 5.41) is 12.6. The predicted molar refractivity (Wildman–Crippen MR) is 91.0 cm³/mol. The number of nitrogens with one attached hydrogen (secondary N) is 1. The van der Waals surface area contributed by atoms with Crippen molar-refractivity contribution >= 4 is 11.9 Å². The summed E-state index contributed by atoms with van der Waals surface area (Å²) in [7, 11) is 0. The Labute approximate surface area is 137 Å². The lowest BCUT2D eigenvalue weighted by Crippen LogP contribution is -2.47. The maximum Gasteiger partial charge on any atom is 0.217 e. The molecule has 126 valence electrons. The van der Waals surface area contributed by atoms with Gasteiger partial charge in [0.2, 0.25) is 5.91 Å². The number of rotatable bonds is 5. The number of phenolic OH excluding ortho intramolecular Hbond substituents is 1. The first-order valence-corrected chi connectivity index (χ1v) is 8.18. The van der Waals surface area contributed by atoms with Crippen LogP contribution in [0.25, 0.3) is 0 Å². The Kier molecular flexibility index (Phi) is 6.26. The van der Waals surface area contributed by atoms with E-state index in [1.54, 1.807) is 12.1 Å². The smallest absolute Gasteiger partial charge is 0.217 e. The summed E-state index contributed by atoms with van der Waals surface area (Å²) in [5.41, 5.74) is 6.37. The Morgan fingerprint density at radius 1 is 1.43 bits per heavy atom. The third-order valence-corrected chi connectivity index (χ3v) is 3.99. The minimum Gasteiger partial charge on any atom is -0.508 e. The van der Waals surface area contributed by atoms with Crippen molar-refractivity contribution < 1.29 is 9.90 Å². The van der Waals surface area contributed by atoms with Gasteiger partial charge in [0.1, 0.15) is 5.75 Å². The van der Waals surface area contributed by atoms with Gasteiger partial charge in [-0.1, -0.05) is 12.1 Å². The molecule has 1 unspecified atom stereocenters. The number of benzene rings is 1. The number of primary amides is 1. The largest absolute Gasteiger partial charge is 0.508 e. The highest BCUT2D eigenvalue weighted by atomic mass is 16.3. The van der Waals surface area contributed by atoms with Crippen molar-refractivity contribution in [3.05, 3.63) is 29.8 Å². The van der Waals surface area contributed by atoms with E-state index in [-0.39, 0.29) is 11.7 Å². The van der Waals surface area contributed by atoms with E-state index in [0.717, 1.165) is 44.0 Å². The predicted octanol–water partition coefficient (Wildman–Crippen LogP) is 1.45. The molecule has 0 saturated carbocycles. The molecule has 1 amide bonds. The van der Waals surface area contributed by atoms with Gasteiger partial charge in [0.15, 0.2) is 5.96 Å². The van der Waals surface area contributed by atoms with Crippen molar-refractivity contribution in [2.24, 2.45) is 16.6 Å². The van der Waals surface area contributed by atoms with Gasteiger partial charge in [-0.3, -0.25) is 4.79 Å². The SMILES string of the molecule is CCNC(=NCc1ccc(O)cc1)N1CCCC(CC(N)=O)C1. The van der Waals surface area contributed by atoms with Crippen LogP contribution in [-0.2, 0) is 11.3 Å². The van der Waals surface area contributed by atoms with Crippen LogP contribution in [0.2, 0.25) is 0 Å². The number of aliphatic imine (C=N–C) groups is 1. The summed E-state index contributed by atoms with van der Waals surface area (Å²) in [4.78, 5) is 18.0. The zero-order chi connectivity index (χ0) is 16.7. The molecule has 0 bridgehead atoms. The molecule has 2 rings (SSSR count). The molecule has 0 radical (unpaired) electrons. The van der Waals surface area contributed by atoms with Crippen molar-refractivity contribution in [3.63, 3.8) is 0 Å². The molecule has 1 fully saturated rings. The topological polar surface area (TPSA) is 91.0 Å². The summed E-state index contributed by atoms with van der Waals surface area (Å²) in [5.74, 6) is 1.20. The van der Waals surface area contributed by atoms with E-state index in [2.05, 4.69) is 15.2 Å². The third kappa shape index (κ3) is 5.47. The molecule has 1 heterocycles. The molecule has 1 aliphatic heterocycles. The van der Waals surface area contributed by atoms with Crippen LogP contribution in [0, 0.1) is 5.92 Å². The van der Waals surface area contributed by atoms with Gasteiger partial charge in [0, 0.05) is 26.1 Å². The molecule has 0 aromatic heterocycles. The summed E-state index contributed by atoms with van der Waals surface area (Å²) >= 11 is 0. The Hall–Kier alpha value is -2.24. The molecule has 6 nitrogen and oxygen atoms in total. The normalized spacial score (nSPS) is 18.7. The monoisotopic (exact) mass is 318 g/mol. The van der Waals surface area contributed by atoms with Gasteiger partial charge in [-0.05, 0) is 43.4 Å². The van der Waals surface area contributed by atoms with Gasteiger partial charge < -0.3 is 21.1 Å². The lowest BCUT2D eigenvalue weighted by atomic mass is 9.95. The molecule has 0 aliphatic carbocycles. The van der Waals surface area contributed by atoms with E-state index in [1.807, 2.05) is 19.1 Å². The maximum atomic E-state index is 11.1. The van der Waals surface area contributed by atoms with E-state index >= 15 is 0 Å². The van der Waals surface area contributed by atoms with Gasteiger partial charge >= 0.3 is 0 Å². The average molecular weight is 318 g/mol. The molecule has 1 atom stereocenters. The molecular formula is C17H26N4O2. The second kappa shape index (κ2) is 8.41. The minimum absolute atomic E-state index is 0.233. The van der Waals surface area contributed by atoms with Crippen LogP contribution in [0.5, 0.6) is 5.75 Å². The zero-order valence-electron chi connectivity index (χ0n) is 13.7. The van der Waals surface area contributed by atoms with Crippen molar-refractivity contribution in [2.45, 2.75) is 32.7 Å². The minimum atomic E-state index is -0.233. The van der Waals surface area contributed by atoms with Crippen LogP contribution in [0.4, 0.5) is 0 Å². The van der Waals surface area contributed by atoms with Gasteiger partial charge in [-0.15, -0.1) is 0 Å². The zero-order valence-corrected chi connectivity index (χ0v) is 13.7. The van der Waals surface area contributed by atoms with Crippen LogP contribution >= 0.6 is 0 Å². The molecule has 4 N–H and O–H groups in total. The van der Waals surface area contributed by atoms with Crippen molar-refractivity contribution in [1.82, 2.24) is 10.2 Å². The van der Waals surface area contributed by atoms with E-state index in [0.29, 0.717) is 18.9 Å². The van der Waals surface area contributed by atoms with Gasteiger partial charge in [-0.25, -0.2) is 4.99 Å². The average Bonchev–Trinajstić information content (AvgIpc) is 2.52. The lowest BCUT2D eigenvalue weighted by molar-refractivity contribution is -0.119. The van der Waals surface area contributed by atoms with Crippen molar-refractivity contribution in [2.75, 3.05) is 19.6 Å². The number of hydrogen-bond donors (Lipinski definition) is 3. The molecular weight excluding hydrogens is 292 g/mol. The first-order valence-electron chi connectivity index (χ1n) is 8.18. The van der Waals surface area contributed by atoms with Crippen LogP contribution < -0.4 is 11.1 Å². The van der Waals surface area contributed by atoms with Gasteiger partial charge in [0.05, 0.1) is 6.54 Å². The number of carbonyl (C=O) groups excluding carboxylic acids is 1. The first kappa shape index (κ1) is 17.1. The number of phenols is 1. The highest BCUT2D eigenvalue weighted by molar-refractivity contribution is 5.80. The third-order valence-electron chi connectivity index (χ3n) is 3.99. The Morgan fingerprint density at radius 2 is 2.17 bits per heavy atom. The summed E-state index contributed by atoms with van der Waals surface area (Å²) in [6.45, 7) is 5.15. The Balaban J connectivity index is 2.02. The van der Waals surface area contributed by atoms with E-state index in [1.165, 1.54) is 0 Å². The molecule has 1 aliphatic rings. The standard InChI is InChI=1S/C17H26N4O2/c1-2-19-17(20-11-13-5-7-15(22)8-6-13)21-9-3-4-14(12-21)10-16(18)23/h5-8,14,22H,2-4,9-12H2,1H3,(H2,18,23)(H,19,20). The molecule has 6 heteroatoms. The molecule has 1 saturated heterocycles. The Morgan fingerprint density at radius 3 is 2.83 bits per heavy atom. The summed E-state index contributed by atoms with van der Waals surface area (Å²) in [6, 6.07) is 7.08. The van der Waals surface area contributed by atoms with Gasteiger partial charge in [0.25, 0.3) is 0 Å². The van der Waals surface area contributed by atoms with E-state index in [4.69, 9.17) is 5.73 Å². The van der Waals surface area contributed by atoms with Crippen LogP contribution in [0.15, 0.2) is 29.3 Å². The van der Waals surface area contributed by atoms with E-state index in [9.17, 15) is 9.90 Å². The van der Waals surface area contributed by atoms with Gasteiger partial charge in [-0.2, -0.15) is 0 Å². The number of likely N-dealkylation sites (tertiary alicyclic amines) is 1. The molecule has 0 spiro atoms. The number of amides is 1. The quantitative estimate of drug-likeness (QED) is 0.566. The maximum absolute atomic E-state index is 11.1. The summed E-state index contributed by atoms with van der Waals surface area (Å²) < 4.78 is 0. The number of carbonyl (C=O) groups is 1.